The van der Waals surface area contributed by atoms with Crippen LogP contribution in [0.2, 0.25) is 0 Å². The van der Waals surface area contributed by atoms with Gasteiger partial charge in [-0.25, -0.2) is 4.98 Å². The van der Waals surface area contributed by atoms with Gasteiger partial charge in [0, 0.05) is 29.8 Å². The van der Waals surface area contributed by atoms with E-state index >= 15 is 0 Å². The lowest BCUT2D eigenvalue weighted by molar-refractivity contribution is -0.137. The van der Waals surface area contributed by atoms with Crippen LogP contribution in [0.15, 0.2) is 30.5 Å². The Balaban J connectivity index is 1.14. The van der Waals surface area contributed by atoms with Crippen molar-refractivity contribution >= 4 is 11.8 Å². The summed E-state index contributed by atoms with van der Waals surface area (Å²) in [6.07, 6.45) is 3.43. The number of benzene rings is 1. The molecule has 198 valence electrons. The van der Waals surface area contributed by atoms with Gasteiger partial charge in [0.1, 0.15) is 5.82 Å². The molecule has 0 amide bonds. The van der Waals surface area contributed by atoms with Gasteiger partial charge in [0.05, 0.1) is 23.1 Å². The van der Waals surface area contributed by atoms with E-state index < -0.39 is 11.7 Å². The first-order chi connectivity index (χ1) is 17.7. The lowest BCUT2D eigenvalue weighted by Gasteiger charge is -2.31. The lowest BCUT2D eigenvalue weighted by Crippen LogP contribution is -2.37. The molecular formula is C27H34F3N7. The summed E-state index contributed by atoms with van der Waals surface area (Å²) >= 11 is 0. The van der Waals surface area contributed by atoms with E-state index in [1.807, 2.05) is 0 Å². The number of hydrogen-bond donors (Lipinski definition) is 4. The zero-order valence-electron chi connectivity index (χ0n) is 21.2. The number of aromatic amines is 1. The molecule has 2 atom stereocenters. The van der Waals surface area contributed by atoms with Crippen molar-refractivity contribution in [2.45, 2.75) is 83.1 Å². The quantitative estimate of drug-likeness (QED) is 0.339. The highest BCUT2D eigenvalue weighted by molar-refractivity contribution is 5.63. The molecule has 0 saturated heterocycles. The van der Waals surface area contributed by atoms with Crippen LogP contribution < -0.4 is 16.4 Å². The van der Waals surface area contributed by atoms with Gasteiger partial charge in [0.2, 0.25) is 5.95 Å². The summed E-state index contributed by atoms with van der Waals surface area (Å²) in [4.78, 5) is 9.39. The average Bonchev–Trinajstić information content (AvgIpc) is 3.34. The molecule has 0 radical (unpaired) electrons. The molecule has 0 spiro atoms. The van der Waals surface area contributed by atoms with E-state index in [4.69, 9.17) is 10.7 Å². The molecular weight excluding hydrogens is 479 g/mol. The second kappa shape index (κ2) is 10.3. The van der Waals surface area contributed by atoms with Crippen molar-refractivity contribution in [3.63, 3.8) is 0 Å². The van der Waals surface area contributed by atoms with Gasteiger partial charge < -0.3 is 16.4 Å². The fraction of sp³-hybridized carbons (Fsp3) is 0.519. The fourth-order valence-electron chi connectivity index (χ4n) is 5.59. The summed E-state index contributed by atoms with van der Waals surface area (Å²) in [6.45, 7) is 5.06. The first-order valence-corrected chi connectivity index (χ1v) is 13.0. The molecule has 0 bridgehead atoms. The maximum absolute atomic E-state index is 12.9. The molecule has 0 unspecified atom stereocenters. The first-order valence-electron chi connectivity index (χ1n) is 13.0. The zero-order valence-corrected chi connectivity index (χ0v) is 21.2. The highest BCUT2D eigenvalue weighted by atomic mass is 19.4. The summed E-state index contributed by atoms with van der Waals surface area (Å²) in [6, 6.07) is 5.81. The Bertz CT molecular complexity index is 1210. The predicted octanol–water partition coefficient (Wildman–Crippen LogP) is 5.67. The predicted molar refractivity (Wildman–Crippen MR) is 138 cm³/mol. The van der Waals surface area contributed by atoms with E-state index in [1.54, 1.807) is 6.20 Å². The number of H-pyrrole nitrogens is 1. The third-order valence-corrected chi connectivity index (χ3v) is 8.06. The molecule has 10 heteroatoms. The van der Waals surface area contributed by atoms with E-state index in [0.29, 0.717) is 47.8 Å². The molecule has 1 aromatic carbocycles. The standard InChI is InChI=1S/C27H34F3N7/c1-15-3-12-22-23(16(15)2)25(31)36-26(35-22)34-21-10-8-20(9-11-21)32-13-18-14-33-37-24(18)17-4-6-19(7-5-17)27(28,29)30/h4-7,14-16,20-21,32H,3,8-13H2,1-2H3,(H,33,37)(H3,31,34,35,36)/t15-,16-,20?,21?/m1/s1. The van der Waals surface area contributed by atoms with E-state index in [-0.39, 0.29) is 0 Å². The van der Waals surface area contributed by atoms with Gasteiger partial charge in [0.15, 0.2) is 0 Å². The summed E-state index contributed by atoms with van der Waals surface area (Å²) in [5, 5.41) is 14.1. The molecule has 7 nitrogen and oxygen atoms in total. The number of nitrogens with two attached hydrogens (primary N) is 1. The number of anilines is 2. The Morgan fingerprint density at radius 3 is 2.41 bits per heavy atom. The van der Waals surface area contributed by atoms with E-state index in [9.17, 15) is 13.2 Å². The number of hydrogen-bond acceptors (Lipinski definition) is 6. The third-order valence-electron chi connectivity index (χ3n) is 8.06. The third kappa shape index (κ3) is 5.58. The average molecular weight is 514 g/mol. The van der Waals surface area contributed by atoms with Crippen LogP contribution in [0.4, 0.5) is 24.9 Å². The molecule has 5 N–H and O–H groups in total. The van der Waals surface area contributed by atoms with Gasteiger partial charge >= 0.3 is 6.18 Å². The minimum Gasteiger partial charge on any atom is -0.383 e. The minimum atomic E-state index is -4.35. The van der Waals surface area contributed by atoms with Crippen LogP contribution in [-0.4, -0.2) is 32.2 Å². The molecule has 1 saturated carbocycles. The number of halogens is 3. The summed E-state index contributed by atoms with van der Waals surface area (Å²) in [5.74, 6) is 2.21. The number of alkyl halides is 3. The molecule has 0 aliphatic heterocycles. The summed E-state index contributed by atoms with van der Waals surface area (Å²) < 4.78 is 38.6. The summed E-state index contributed by atoms with van der Waals surface area (Å²) in [7, 11) is 0. The van der Waals surface area contributed by atoms with Gasteiger partial charge in [-0.1, -0.05) is 26.0 Å². The first kappa shape index (κ1) is 25.5. The monoisotopic (exact) mass is 513 g/mol. The Kier molecular flexibility index (Phi) is 7.11. The SMILES string of the molecule is C[C@@H]1CCc2nc(NC3CCC(NCc4cn[nH]c4-c4ccc(C(F)(F)F)cc4)CC3)nc(N)c2[C@@H]1C. The van der Waals surface area contributed by atoms with Crippen molar-refractivity contribution in [3.8, 4) is 11.3 Å². The maximum Gasteiger partial charge on any atom is 0.416 e. The maximum atomic E-state index is 12.9. The van der Waals surface area contributed by atoms with Gasteiger partial charge in [-0.15, -0.1) is 0 Å². The van der Waals surface area contributed by atoms with Crippen LogP contribution in [0.25, 0.3) is 11.3 Å². The fourth-order valence-corrected chi connectivity index (χ4v) is 5.59. The molecule has 2 aliphatic rings. The van der Waals surface area contributed by atoms with Crippen LogP contribution in [0, 0.1) is 5.92 Å². The molecule has 1 fully saturated rings. The lowest BCUT2D eigenvalue weighted by atomic mass is 9.79. The second-order valence-corrected chi connectivity index (χ2v) is 10.5. The van der Waals surface area contributed by atoms with E-state index in [1.165, 1.54) is 12.1 Å². The number of nitrogens with one attached hydrogen (secondary N) is 3. The Hall–Kier alpha value is -3.14. The highest BCUT2D eigenvalue weighted by Crippen LogP contribution is 2.38. The van der Waals surface area contributed by atoms with Crippen LogP contribution in [0.1, 0.15) is 74.3 Å². The number of fused-ring (bicyclic) bond motifs is 1. The summed E-state index contributed by atoms with van der Waals surface area (Å²) in [5.41, 5.74) is 10.2. The Labute approximate surface area is 214 Å². The molecule has 5 rings (SSSR count). The largest absolute Gasteiger partial charge is 0.416 e. The Morgan fingerprint density at radius 2 is 1.70 bits per heavy atom. The normalized spacial score (nSPS) is 24.0. The van der Waals surface area contributed by atoms with Crippen molar-refractivity contribution < 1.29 is 13.2 Å². The number of aromatic nitrogens is 4. The van der Waals surface area contributed by atoms with Crippen LogP contribution in [0.5, 0.6) is 0 Å². The van der Waals surface area contributed by atoms with E-state index in [2.05, 4.69) is 39.7 Å². The van der Waals surface area contributed by atoms with Gasteiger partial charge in [0.25, 0.3) is 0 Å². The van der Waals surface area contributed by atoms with Crippen molar-refractivity contribution in [2.75, 3.05) is 11.1 Å². The smallest absolute Gasteiger partial charge is 0.383 e. The second-order valence-electron chi connectivity index (χ2n) is 10.5. The Morgan fingerprint density at radius 1 is 1.00 bits per heavy atom. The van der Waals surface area contributed by atoms with E-state index in [0.717, 1.165) is 73.2 Å². The molecule has 2 aromatic heterocycles. The van der Waals surface area contributed by atoms with Crippen molar-refractivity contribution in [2.24, 2.45) is 5.92 Å². The van der Waals surface area contributed by atoms with Gasteiger partial charge in [-0.2, -0.15) is 23.3 Å². The van der Waals surface area contributed by atoms with Gasteiger partial charge in [-0.05, 0) is 68.1 Å². The molecule has 3 aromatic rings. The molecule has 37 heavy (non-hydrogen) atoms. The number of nitrogens with zero attached hydrogens (tertiary/aromatic N) is 3. The number of aryl methyl sites for hydroxylation is 1. The van der Waals surface area contributed by atoms with Crippen molar-refractivity contribution in [1.29, 1.82) is 0 Å². The minimum absolute atomic E-state index is 0.298. The topological polar surface area (TPSA) is 105 Å². The van der Waals surface area contributed by atoms with Crippen LogP contribution in [-0.2, 0) is 19.1 Å². The zero-order chi connectivity index (χ0) is 26.2. The van der Waals surface area contributed by atoms with Crippen molar-refractivity contribution in [1.82, 2.24) is 25.5 Å². The van der Waals surface area contributed by atoms with Gasteiger partial charge in [-0.3, -0.25) is 5.10 Å². The van der Waals surface area contributed by atoms with Crippen LogP contribution in [0.3, 0.4) is 0 Å². The van der Waals surface area contributed by atoms with Crippen molar-refractivity contribution in [3.05, 3.63) is 52.8 Å². The highest BCUT2D eigenvalue weighted by Gasteiger charge is 2.30. The number of rotatable bonds is 6. The molecule has 2 heterocycles. The number of nitrogen functional groups attached to an aromatic ring is 1. The molecule has 2 aliphatic carbocycles. The van der Waals surface area contributed by atoms with Crippen LogP contribution >= 0.6 is 0 Å².